The van der Waals surface area contributed by atoms with Crippen molar-refractivity contribution in [2.75, 3.05) is 6.54 Å². The summed E-state index contributed by atoms with van der Waals surface area (Å²) in [5, 5.41) is 10.3. The maximum atomic E-state index is 11.3. The molecule has 4 nitrogen and oxygen atoms in total. The summed E-state index contributed by atoms with van der Waals surface area (Å²) in [6.45, 7) is 5.38. The molecule has 2 aromatic rings. The quantitative estimate of drug-likeness (QED) is 0.868. The van der Waals surface area contributed by atoms with Gasteiger partial charge in [-0.05, 0) is 38.4 Å². The predicted octanol–water partition coefficient (Wildman–Crippen LogP) is 2.17. The number of carbonyl (C=O) groups is 1. The summed E-state index contributed by atoms with van der Waals surface area (Å²) in [7, 11) is 0. The Balaban J connectivity index is 2.86. The maximum absolute atomic E-state index is 11.3. The summed E-state index contributed by atoms with van der Waals surface area (Å²) in [4.78, 5) is 11.3. The van der Waals surface area contributed by atoms with Crippen molar-refractivity contribution in [3.63, 3.8) is 0 Å². The molecule has 1 heterocycles. The second-order valence-corrected chi connectivity index (χ2v) is 4.35. The van der Waals surface area contributed by atoms with Gasteiger partial charge in [0.2, 0.25) is 0 Å². The molecule has 0 aliphatic heterocycles. The number of rotatable bonds is 4. The lowest BCUT2D eigenvalue weighted by Crippen LogP contribution is -2.05. The van der Waals surface area contributed by atoms with Crippen LogP contribution in [0.4, 0.5) is 0 Å². The lowest BCUT2D eigenvalue weighted by atomic mass is 10.1. The Labute approximate surface area is 106 Å². The van der Waals surface area contributed by atoms with Crippen molar-refractivity contribution in [1.82, 2.24) is 4.57 Å². The lowest BCUT2D eigenvalue weighted by Gasteiger charge is -2.06. The smallest absolute Gasteiger partial charge is 0.337 e. The van der Waals surface area contributed by atoms with Crippen molar-refractivity contribution in [2.24, 2.45) is 5.73 Å². The molecular weight excluding hydrogens is 228 g/mol. The molecule has 4 heteroatoms. The number of benzene rings is 1. The van der Waals surface area contributed by atoms with E-state index in [-0.39, 0.29) is 0 Å². The second-order valence-electron chi connectivity index (χ2n) is 4.35. The molecule has 2 rings (SSSR count). The topological polar surface area (TPSA) is 68.2 Å². The number of carboxylic acid groups (broad SMARTS) is 1. The molecule has 96 valence electrons. The van der Waals surface area contributed by atoms with Gasteiger partial charge in [0, 0.05) is 17.6 Å². The highest BCUT2D eigenvalue weighted by Crippen LogP contribution is 2.29. The van der Waals surface area contributed by atoms with Crippen LogP contribution in [-0.4, -0.2) is 22.2 Å². The molecule has 0 saturated heterocycles. The summed E-state index contributed by atoms with van der Waals surface area (Å²) >= 11 is 0. The number of hydrogen-bond acceptors (Lipinski definition) is 2. The van der Waals surface area contributed by atoms with Crippen LogP contribution in [0, 0.1) is 6.92 Å². The number of aryl methyl sites for hydroxylation is 1. The summed E-state index contributed by atoms with van der Waals surface area (Å²) in [5.74, 6) is -0.882. The third-order valence-electron chi connectivity index (χ3n) is 3.41. The van der Waals surface area contributed by atoms with Crippen LogP contribution in [0.3, 0.4) is 0 Å². The third kappa shape index (κ3) is 1.78. The van der Waals surface area contributed by atoms with Crippen molar-refractivity contribution >= 4 is 16.9 Å². The molecule has 1 aromatic carbocycles. The molecule has 0 bridgehead atoms. The van der Waals surface area contributed by atoms with Gasteiger partial charge in [-0.15, -0.1) is 0 Å². The highest BCUT2D eigenvalue weighted by molar-refractivity contribution is 6.03. The Morgan fingerprint density at radius 2 is 2.17 bits per heavy atom. The molecule has 0 radical (unpaired) electrons. The number of aromatic nitrogens is 1. The van der Waals surface area contributed by atoms with Crippen LogP contribution in [0.1, 0.15) is 28.5 Å². The van der Waals surface area contributed by atoms with Gasteiger partial charge < -0.3 is 15.4 Å². The van der Waals surface area contributed by atoms with E-state index in [2.05, 4.69) is 4.57 Å². The van der Waals surface area contributed by atoms with E-state index >= 15 is 0 Å². The first-order valence-corrected chi connectivity index (χ1v) is 6.15. The molecule has 0 aliphatic carbocycles. The number of hydrogen-bond donors (Lipinski definition) is 2. The molecule has 18 heavy (non-hydrogen) atoms. The van der Waals surface area contributed by atoms with Gasteiger partial charge in [0.05, 0.1) is 11.1 Å². The van der Waals surface area contributed by atoms with Crippen molar-refractivity contribution in [1.29, 1.82) is 0 Å². The van der Waals surface area contributed by atoms with Crippen LogP contribution < -0.4 is 5.73 Å². The van der Waals surface area contributed by atoms with Crippen molar-refractivity contribution in [3.8, 4) is 0 Å². The monoisotopic (exact) mass is 246 g/mol. The van der Waals surface area contributed by atoms with Crippen LogP contribution in [0.15, 0.2) is 18.2 Å². The van der Waals surface area contributed by atoms with Crippen LogP contribution in [-0.2, 0) is 13.0 Å². The molecule has 0 aliphatic rings. The summed E-state index contributed by atoms with van der Waals surface area (Å²) in [5.41, 5.74) is 9.10. The van der Waals surface area contributed by atoms with Crippen molar-refractivity contribution < 1.29 is 9.90 Å². The number of carboxylic acids is 1. The molecule has 0 fully saturated rings. The zero-order valence-electron chi connectivity index (χ0n) is 10.7. The normalized spacial score (nSPS) is 11.1. The lowest BCUT2D eigenvalue weighted by molar-refractivity contribution is 0.0698. The van der Waals surface area contributed by atoms with E-state index in [0.29, 0.717) is 12.1 Å². The second kappa shape index (κ2) is 4.82. The first-order valence-electron chi connectivity index (χ1n) is 6.15. The Morgan fingerprint density at radius 1 is 1.44 bits per heavy atom. The number of aromatic carboxylic acids is 1. The standard InChI is InChI=1S/C14H18N2O2/c1-3-16-9(2)10(7-8-15)11-5-4-6-12(13(11)16)14(17)18/h4-6H,3,7-8,15H2,1-2H3,(H,17,18). The van der Waals surface area contributed by atoms with Gasteiger partial charge in [-0.3, -0.25) is 0 Å². The van der Waals surface area contributed by atoms with E-state index in [0.717, 1.165) is 35.1 Å². The zero-order valence-corrected chi connectivity index (χ0v) is 10.7. The highest BCUT2D eigenvalue weighted by atomic mass is 16.4. The molecule has 0 unspecified atom stereocenters. The van der Waals surface area contributed by atoms with E-state index in [4.69, 9.17) is 5.73 Å². The molecule has 0 saturated carbocycles. The SMILES string of the molecule is CCn1c(C)c(CCN)c2cccc(C(=O)O)c21. The van der Waals surface area contributed by atoms with E-state index in [1.54, 1.807) is 12.1 Å². The van der Waals surface area contributed by atoms with E-state index in [1.165, 1.54) is 0 Å². The molecule has 3 N–H and O–H groups in total. The summed E-state index contributed by atoms with van der Waals surface area (Å²) in [6.07, 6.45) is 0.776. The number of para-hydroxylation sites is 1. The molecule has 0 spiro atoms. The Bertz CT molecular complexity index is 599. The minimum atomic E-state index is -0.882. The average Bonchev–Trinajstić information content (AvgIpc) is 2.62. The molecule has 1 aromatic heterocycles. The van der Waals surface area contributed by atoms with Crippen LogP contribution >= 0.6 is 0 Å². The van der Waals surface area contributed by atoms with Gasteiger partial charge in [0.1, 0.15) is 0 Å². The van der Waals surface area contributed by atoms with Gasteiger partial charge in [0.25, 0.3) is 0 Å². The fourth-order valence-electron chi connectivity index (χ4n) is 2.63. The number of fused-ring (bicyclic) bond motifs is 1. The van der Waals surface area contributed by atoms with Gasteiger partial charge in [-0.2, -0.15) is 0 Å². The Morgan fingerprint density at radius 3 is 2.72 bits per heavy atom. The van der Waals surface area contributed by atoms with E-state index < -0.39 is 5.97 Å². The largest absolute Gasteiger partial charge is 0.478 e. The van der Waals surface area contributed by atoms with Crippen LogP contribution in [0.25, 0.3) is 10.9 Å². The van der Waals surface area contributed by atoms with E-state index in [9.17, 15) is 9.90 Å². The molecule has 0 atom stereocenters. The third-order valence-corrected chi connectivity index (χ3v) is 3.41. The fourth-order valence-corrected chi connectivity index (χ4v) is 2.63. The van der Waals surface area contributed by atoms with Gasteiger partial charge >= 0.3 is 5.97 Å². The highest BCUT2D eigenvalue weighted by Gasteiger charge is 2.18. The number of nitrogens with two attached hydrogens (primary N) is 1. The van der Waals surface area contributed by atoms with Crippen molar-refractivity contribution in [2.45, 2.75) is 26.8 Å². The Hall–Kier alpha value is -1.81. The van der Waals surface area contributed by atoms with E-state index in [1.807, 2.05) is 19.9 Å². The van der Waals surface area contributed by atoms with Crippen LogP contribution in [0.5, 0.6) is 0 Å². The minimum Gasteiger partial charge on any atom is -0.478 e. The van der Waals surface area contributed by atoms with Crippen LogP contribution in [0.2, 0.25) is 0 Å². The van der Waals surface area contributed by atoms with Crippen molar-refractivity contribution in [3.05, 3.63) is 35.0 Å². The first kappa shape index (κ1) is 12.6. The van der Waals surface area contributed by atoms with Gasteiger partial charge in [0.15, 0.2) is 0 Å². The average molecular weight is 246 g/mol. The predicted molar refractivity (Wildman–Crippen MR) is 72.1 cm³/mol. The number of nitrogens with zero attached hydrogens (tertiary/aromatic N) is 1. The molecular formula is C14H18N2O2. The first-order chi connectivity index (χ1) is 8.61. The summed E-state index contributed by atoms with van der Waals surface area (Å²) in [6, 6.07) is 5.43. The van der Waals surface area contributed by atoms with Gasteiger partial charge in [-0.1, -0.05) is 12.1 Å². The molecule has 0 amide bonds. The Kier molecular flexibility index (Phi) is 3.39. The van der Waals surface area contributed by atoms with Gasteiger partial charge in [-0.25, -0.2) is 4.79 Å². The minimum absolute atomic E-state index is 0.362. The maximum Gasteiger partial charge on any atom is 0.337 e. The summed E-state index contributed by atoms with van der Waals surface area (Å²) < 4.78 is 2.06. The zero-order chi connectivity index (χ0) is 13.3. The fraction of sp³-hybridized carbons (Fsp3) is 0.357.